The van der Waals surface area contributed by atoms with Gasteiger partial charge in [0.2, 0.25) is 5.91 Å². The molecule has 0 unspecified atom stereocenters. The third kappa shape index (κ3) is 4.40. The van der Waals surface area contributed by atoms with Crippen LogP contribution in [0.15, 0.2) is 35.1 Å². The van der Waals surface area contributed by atoms with E-state index in [0.717, 1.165) is 30.7 Å². The summed E-state index contributed by atoms with van der Waals surface area (Å²) in [5.41, 5.74) is 0.883. The van der Waals surface area contributed by atoms with Crippen LogP contribution in [0.1, 0.15) is 43.5 Å². The zero-order valence-electron chi connectivity index (χ0n) is 15.2. The fraction of sp³-hybridized carbons (Fsp3) is 0.526. The van der Waals surface area contributed by atoms with E-state index in [4.69, 9.17) is 4.74 Å². The average Bonchev–Trinajstić information content (AvgIpc) is 3.03. The number of nitrogens with zero attached hydrogens (tertiary/aromatic N) is 3. The maximum Gasteiger partial charge on any atom is 0.343 e. The molecule has 1 amide bonds. The van der Waals surface area contributed by atoms with Crippen molar-refractivity contribution in [2.75, 3.05) is 26.3 Å². The van der Waals surface area contributed by atoms with Gasteiger partial charge in [0.15, 0.2) is 0 Å². The number of aromatic amines is 1. The van der Waals surface area contributed by atoms with Gasteiger partial charge in [-0.05, 0) is 24.8 Å². The van der Waals surface area contributed by atoms with E-state index in [1.165, 1.54) is 0 Å². The highest BCUT2D eigenvalue weighted by molar-refractivity contribution is 5.77. The molecule has 3 rings (SSSR count). The van der Waals surface area contributed by atoms with E-state index >= 15 is 0 Å². The molecule has 140 valence electrons. The van der Waals surface area contributed by atoms with Crippen molar-refractivity contribution in [3.05, 3.63) is 52.2 Å². The van der Waals surface area contributed by atoms with Crippen molar-refractivity contribution >= 4 is 5.91 Å². The number of aromatic nitrogens is 3. The number of amides is 1. The van der Waals surface area contributed by atoms with Gasteiger partial charge in [-0.25, -0.2) is 9.89 Å². The minimum Gasteiger partial charge on any atom is -0.372 e. The van der Waals surface area contributed by atoms with Crippen molar-refractivity contribution in [1.82, 2.24) is 19.7 Å². The first-order chi connectivity index (χ1) is 12.7. The molecule has 0 radical (unpaired) electrons. The van der Waals surface area contributed by atoms with Crippen LogP contribution in [0.2, 0.25) is 0 Å². The third-order valence-electron chi connectivity index (χ3n) is 4.76. The number of ether oxygens (including phenoxy) is 1. The second kappa shape index (κ2) is 8.80. The number of hydrogen-bond acceptors (Lipinski definition) is 4. The molecule has 2 aromatic rings. The second-order valence-electron chi connectivity index (χ2n) is 6.67. The summed E-state index contributed by atoms with van der Waals surface area (Å²) < 4.78 is 7.05. The van der Waals surface area contributed by atoms with Crippen LogP contribution in [0.3, 0.4) is 0 Å². The predicted molar refractivity (Wildman–Crippen MR) is 98.1 cm³/mol. The minimum absolute atomic E-state index is 0.0422. The summed E-state index contributed by atoms with van der Waals surface area (Å²) in [4.78, 5) is 26.2. The van der Waals surface area contributed by atoms with E-state index in [1.807, 2.05) is 42.2 Å². The molecule has 0 atom stereocenters. The lowest BCUT2D eigenvalue weighted by molar-refractivity contribution is -0.137. The highest BCUT2D eigenvalue weighted by Crippen LogP contribution is 2.26. The molecule has 1 saturated heterocycles. The van der Waals surface area contributed by atoms with Gasteiger partial charge in [-0.15, -0.1) is 0 Å². The topological polar surface area (TPSA) is 80.2 Å². The highest BCUT2D eigenvalue weighted by Gasteiger charge is 2.27. The maximum atomic E-state index is 12.2. The Hall–Kier alpha value is -2.41. The number of carbonyl (C=O) groups is 1. The zero-order valence-corrected chi connectivity index (χ0v) is 15.2. The van der Waals surface area contributed by atoms with Gasteiger partial charge in [0.25, 0.3) is 0 Å². The van der Waals surface area contributed by atoms with Gasteiger partial charge in [0.05, 0.1) is 6.54 Å². The Morgan fingerprint density at radius 3 is 2.69 bits per heavy atom. The van der Waals surface area contributed by atoms with E-state index in [0.29, 0.717) is 26.2 Å². The molecule has 1 aromatic heterocycles. The van der Waals surface area contributed by atoms with Crippen molar-refractivity contribution in [2.24, 2.45) is 0 Å². The van der Waals surface area contributed by atoms with Gasteiger partial charge in [-0.2, -0.15) is 5.10 Å². The van der Waals surface area contributed by atoms with Gasteiger partial charge in [0.1, 0.15) is 12.4 Å². The Morgan fingerprint density at radius 1 is 1.27 bits per heavy atom. The molecule has 1 fully saturated rings. The molecule has 0 saturated carbocycles. The van der Waals surface area contributed by atoms with Crippen molar-refractivity contribution in [3.63, 3.8) is 0 Å². The summed E-state index contributed by atoms with van der Waals surface area (Å²) in [5.74, 6) is 1.01. The number of H-pyrrole nitrogens is 1. The number of nitrogens with one attached hydrogen (secondary N) is 1. The van der Waals surface area contributed by atoms with E-state index in [9.17, 15) is 9.59 Å². The van der Waals surface area contributed by atoms with Crippen LogP contribution in [0.25, 0.3) is 0 Å². The first-order valence-electron chi connectivity index (χ1n) is 9.23. The molecular formula is C19H26N4O3. The molecule has 0 aliphatic carbocycles. The Labute approximate surface area is 153 Å². The number of rotatable bonds is 7. The normalized spacial score (nSPS) is 15.3. The monoisotopic (exact) mass is 358 g/mol. The highest BCUT2D eigenvalue weighted by atomic mass is 16.5. The molecular weight excluding hydrogens is 332 g/mol. The van der Waals surface area contributed by atoms with E-state index in [1.54, 1.807) is 4.57 Å². The lowest BCUT2D eigenvalue weighted by atomic mass is 9.95. The molecule has 0 bridgehead atoms. The van der Waals surface area contributed by atoms with Crippen molar-refractivity contribution in [1.29, 1.82) is 0 Å². The van der Waals surface area contributed by atoms with E-state index < -0.39 is 0 Å². The van der Waals surface area contributed by atoms with Gasteiger partial charge in [-0.1, -0.05) is 37.3 Å². The average molecular weight is 358 g/mol. The molecule has 2 heterocycles. The summed E-state index contributed by atoms with van der Waals surface area (Å²) in [7, 11) is 0. The van der Waals surface area contributed by atoms with Crippen LogP contribution in [0.5, 0.6) is 0 Å². The second-order valence-corrected chi connectivity index (χ2v) is 6.67. The number of piperidine rings is 1. The predicted octanol–water partition coefficient (Wildman–Crippen LogP) is 1.75. The summed E-state index contributed by atoms with van der Waals surface area (Å²) in [5, 5.41) is 6.84. The maximum absolute atomic E-state index is 12.2. The third-order valence-corrected chi connectivity index (χ3v) is 4.76. The van der Waals surface area contributed by atoms with Crippen LogP contribution in [-0.4, -0.2) is 51.9 Å². The van der Waals surface area contributed by atoms with Crippen LogP contribution < -0.4 is 5.69 Å². The molecule has 7 nitrogen and oxygen atoms in total. The first kappa shape index (κ1) is 18.4. The fourth-order valence-electron chi connectivity index (χ4n) is 3.34. The quantitative estimate of drug-likeness (QED) is 0.765. The molecule has 0 spiro atoms. The van der Waals surface area contributed by atoms with Crippen molar-refractivity contribution in [2.45, 2.75) is 38.6 Å². The molecule has 1 aromatic carbocycles. The van der Waals surface area contributed by atoms with E-state index in [2.05, 4.69) is 10.2 Å². The molecule has 7 heteroatoms. The molecule has 1 N–H and O–H groups in total. The van der Waals surface area contributed by atoms with Gasteiger partial charge in [0, 0.05) is 25.6 Å². The summed E-state index contributed by atoms with van der Waals surface area (Å²) in [6.07, 6.45) is 2.52. The van der Waals surface area contributed by atoms with Crippen molar-refractivity contribution < 1.29 is 9.53 Å². The number of likely N-dealkylation sites (tertiary alicyclic amines) is 1. The van der Waals surface area contributed by atoms with E-state index in [-0.39, 0.29) is 24.1 Å². The van der Waals surface area contributed by atoms with Gasteiger partial charge < -0.3 is 9.64 Å². The van der Waals surface area contributed by atoms with Crippen LogP contribution in [0.4, 0.5) is 0 Å². The minimum atomic E-state index is -0.185. The summed E-state index contributed by atoms with van der Waals surface area (Å²) in [6, 6.07) is 9.89. The lowest BCUT2D eigenvalue weighted by Gasteiger charge is -2.31. The molecule has 1 aliphatic heterocycles. The number of benzene rings is 1. The zero-order chi connectivity index (χ0) is 18.4. The van der Waals surface area contributed by atoms with Gasteiger partial charge >= 0.3 is 5.69 Å². The summed E-state index contributed by atoms with van der Waals surface area (Å²) in [6.45, 7) is 4.64. The number of hydrogen-bond donors (Lipinski definition) is 1. The van der Waals surface area contributed by atoms with Crippen LogP contribution in [0, 0.1) is 0 Å². The Balaban J connectivity index is 1.61. The van der Waals surface area contributed by atoms with Crippen LogP contribution in [-0.2, 0) is 16.1 Å². The standard InChI is InChI=1S/C19H26N4O3/c1-2-12-26-14-17(24)22-10-8-16(9-11-22)18-20-21-19(25)23(18)13-15-6-4-3-5-7-15/h3-7,16H,2,8-14H2,1H3,(H,21,25). The smallest absolute Gasteiger partial charge is 0.343 e. The lowest BCUT2D eigenvalue weighted by Crippen LogP contribution is -2.40. The first-order valence-corrected chi connectivity index (χ1v) is 9.23. The van der Waals surface area contributed by atoms with Crippen LogP contribution >= 0.6 is 0 Å². The molecule has 26 heavy (non-hydrogen) atoms. The largest absolute Gasteiger partial charge is 0.372 e. The summed E-state index contributed by atoms with van der Waals surface area (Å²) >= 11 is 0. The van der Waals surface area contributed by atoms with Crippen molar-refractivity contribution in [3.8, 4) is 0 Å². The fourth-order valence-corrected chi connectivity index (χ4v) is 3.34. The number of carbonyl (C=O) groups excluding carboxylic acids is 1. The molecule has 1 aliphatic rings. The van der Waals surface area contributed by atoms with Gasteiger partial charge in [-0.3, -0.25) is 9.36 Å². The Morgan fingerprint density at radius 2 is 2.00 bits per heavy atom. The Bertz CT molecular complexity index is 761. The SMILES string of the molecule is CCCOCC(=O)N1CCC(c2n[nH]c(=O)n2Cc2ccccc2)CC1. The Kier molecular flexibility index (Phi) is 6.22.